The van der Waals surface area contributed by atoms with Crippen LogP contribution in [-0.4, -0.2) is 37.6 Å². The van der Waals surface area contributed by atoms with Crippen LogP contribution in [0.5, 0.6) is 5.75 Å². The number of carbonyl (C=O) groups is 1. The van der Waals surface area contributed by atoms with E-state index in [9.17, 15) is 4.79 Å². The molecule has 3 aromatic rings. The summed E-state index contributed by atoms with van der Waals surface area (Å²) in [5.41, 5.74) is 5.26. The summed E-state index contributed by atoms with van der Waals surface area (Å²) in [5, 5.41) is 3.18. The molecule has 1 atom stereocenters. The first-order valence-electron chi connectivity index (χ1n) is 12.4. The molecule has 1 heterocycles. The third-order valence-electron chi connectivity index (χ3n) is 7.71. The molecule has 1 saturated heterocycles. The minimum atomic E-state index is 0.192. The topological polar surface area (TPSA) is 41.6 Å². The molecule has 5 rings (SSSR count). The van der Waals surface area contributed by atoms with Crippen molar-refractivity contribution in [3.8, 4) is 16.9 Å². The minimum absolute atomic E-state index is 0.192. The SMILES string of the molecule is COc1ccccc1CCNC(=O)[C@@H]1CC12CCN(Cc1ccc(-c3ccccc3)cc1)CC2. The molecule has 1 saturated carbocycles. The summed E-state index contributed by atoms with van der Waals surface area (Å²) < 4.78 is 5.41. The lowest BCUT2D eigenvalue weighted by molar-refractivity contribution is -0.123. The summed E-state index contributed by atoms with van der Waals surface area (Å²) in [6.07, 6.45) is 4.10. The van der Waals surface area contributed by atoms with Gasteiger partial charge in [0.05, 0.1) is 7.11 Å². The smallest absolute Gasteiger partial charge is 0.223 e. The fourth-order valence-corrected chi connectivity index (χ4v) is 5.47. The molecule has 34 heavy (non-hydrogen) atoms. The monoisotopic (exact) mass is 454 g/mol. The second kappa shape index (κ2) is 10.0. The summed E-state index contributed by atoms with van der Waals surface area (Å²) in [4.78, 5) is 15.3. The maximum absolute atomic E-state index is 12.8. The largest absolute Gasteiger partial charge is 0.496 e. The van der Waals surface area contributed by atoms with E-state index in [-0.39, 0.29) is 17.2 Å². The van der Waals surface area contributed by atoms with Crippen LogP contribution >= 0.6 is 0 Å². The van der Waals surface area contributed by atoms with Crippen molar-refractivity contribution in [2.75, 3.05) is 26.7 Å². The number of ether oxygens (including phenoxy) is 1. The van der Waals surface area contributed by atoms with Gasteiger partial charge in [0.25, 0.3) is 0 Å². The number of nitrogens with zero attached hydrogens (tertiary/aromatic N) is 1. The van der Waals surface area contributed by atoms with Crippen molar-refractivity contribution in [2.45, 2.75) is 32.2 Å². The van der Waals surface area contributed by atoms with E-state index in [1.807, 2.05) is 18.2 Å². The zero-order valence-electron chi connectivity index (χ0n) is 20.0. The third-order valence-corrected chi connectivity index (χ3v) is 7.71. The van der Waals surface area contributed by atoms with E-state index >= 15 is 0 Å². The molecule has 1 N–H and O–H groups in total. The molecule has 1 amide bonds. The predicted molar refractivity (Wildman–Crippen MR) is 137 cm³/mol. The van der Waals surface area contributed by atoms with Crippen LogP contribution in [0.15, 0.2) is 78.9 Å². The Morgan fingerprint density at radius 1 is 0.941 bits per heavy atom. The number of rotatable bonds is 8. The van der Waals surface area contributed by atoms with Crippen molar-refractivity contribution < 1.29 is 9.53 Å². The van der Waals surface area contributed by atoms with Gasteiger partial charge >= 0.3 is 0 Å². The second-order valence-electron chi connectivity index (χ2n) is 9.81. The highest BCUT2D eigenvalue weighted by atomic mass is 16.5. The lowest BCUT2D eigenvalue weighted by atomic mass is 9.90. The van der Waals surface area contributed by atoms with Gasteiger partial charge in [0.2, 0.25) is 5.91 Å². The molecule has 4 nitrogen and oxygen atoms in total. The fourth-order valence-electron chi connectivity index (χ4n) is 5.47. The third kappa shape index (κ3) is 5.02. The highest BCUT2D eigenvalue weighted by Crippen LogP contribution is 2.59. The highest BCUT2D eigenvalue weighted by molar-refractivity contribution is 5.82. The standard InChI is InChI=1S/C30H34N2O2/c1-34-28-10-6-5-9-26(28)15-18-31-29(33)27-21-30(27)16-19-32(20-17-30)22-23-11-13-25(14-12-23)24-7-3-2-4-8-24/h2-14,27H,15-22H2,1H3,(H,31,33)/t27-/m0/s1. The van der Waals surface area contributed by atoms with E-state index < -0.39 is 0 Å². The number of hydrogen-bond acceptors (Lipinski definition) is 3. The van der Waals surface area contributed by atoms with Crippen LogP contribution < -0.4 is 10.1 Å². The highest BCUT2D eigenvalue weighted by Gasteiger charge is 2.58. The van der Waals surface area contributed by atoms with Crippen LogP contribution in [0.1, 0.15) is 30.4 Å². The van der Waals surface area contributed by atoms with Gasteiger partial charge < -0.3 is 10.1 Å². The van der Waals surface area contributed by atoms with Gasteiger partial charge in [0.15, 0.2) is 0 Å². The van der Waals surface area contributed by atoms with E-state index in [1.165, 1.54) is 16.7 Å². The zero-order valence-corrected chi connectivity index (χ0v) is 20.0. The van der Waals surface area contributed by atoms with Gasteiger partial charge in [-0.15, -0.1) is 0 Å². The maximum Gasteiger partial charge on any atom is 0.223 e. The van der Waals surface area contributed by atoms with Crippen LogP contribution in [0, 0.1) is 11.3 Å². The summed E-state index contributed by atoms with van der Waals surface area (Å²) in [5.74, 6) is 1.32. The van der Waals surface area contributed by atoms with E-state index in [4.69, 9.17) is 4.74 Å². The number of likely N-dealkylation sites (tertiary alicyclic amines) is 1. The van der Waals surface area contributed by atoms with E-state index in [0.717, 1.165) is 56.6 Å². The van der Waals surface area contributed by atoms with Gasteiger partial charge in [0.1, 0.15) is 5.75 Å². The maximum atomic E-state index is 12.8. The van der Waals surface area contributed by atoms with Crippen LogP contribution in [-0.2, 0) is 17.8 Å². The number of amides is 1. The quantitative estimate of drug-likeness (QED) is 0.501. The average Bonchev–Trinajstić information content (AvgIpc) is 3.60. The van der Waals surface area contributed by atoms with Crippen molar-refractivity contribution in [2.24, 2.45) is 11.3 Å². The Balaban J connectivity index is 1.07. The summed E-state index contributed by atoms with van der Waals surface area (Å²) in [6, 6.07) is 27.5. The van der Waals surface area contributed by atoms with Crippen molar-refractivity contribution in [3.05, 3.63) is 90.0 Å². The van der Waals surface area contributed by atoms with Gasteiger partial charge in [-0.2, -0.15) is 0 Å². The summed E-state index contributed by atoms with van der Waals surface area (Å²) in [6.45, 7) is 3.80. The van der Waals surface area contributed by atoms with Crippen molar-refractivity contribution >= 4 is 5.91 Å². The van der Waals surface area contributed by atoms with Crippen LogP contribution in [0.4, 0.5) is 0 Å². The first kappa shape index (κ1) is 22.7. The molecule has 3 aromatic carbocycles. The molecule has 1 aliphatic heterocycles. The molecule has 0 radical (unpaired) electrons. The number of carbonyl (C=O) groups excluding carboxylic acids is 1. The number of benzene rings is 3. The Morgan fingerprint density at radius 3 is 2.35 bits per heavy atom. The average molecular weight is 455 g/mol. The molecule has 0 bridgehead atoms. The molecule has 0 unspecified atom stereocenters. The van der Waals surface area contributed by atoms with E-state index in [1.54, 1.807) is 7.11 Å². The van der Waals surface area contributed by atoms with Gasteiger partial charge in [-0.3, -0.25) is 9.69 Å². The van der Waals surface area contributed by atoms with Crippen LogP contribution in [0.2, 0.25) is 0 Å². The molecule has 1 spiro atoms. The Morgan fingerprint density at radius 2 is 1.62 bits per heavy atom. The second-order valence-corrected chi connectivity index (χ2v) is 9.81. The number of piperidine rings is 1. The van der Waals surface area contributed by atoms with Crippen LogP contribution in [0.3, 0.4) is 0 Å². The van der Waals surface area contributed by atoms with E-state index in [0.29, 0.717) is 6.54 Å². The summed E-state index contributed by atoms with van der Waals surface area (Å²) >= 11 is 0. The van der Waals surface area contributed by atoms with Gasteiger partial charge in [-0.25, -0.2) is 0 Å². The predicted octanol–water partition coefficient (Wildman–Crippen LogP) is 5.32. The normalized spacial score (nSPS) is 19.0. The lowest BCUT2D eigenvalue weighted by Gasteiger charge is -2.32. The molecular weight excluding hydrogens is 420 g/mol. The minimum Gasteiger partial charge on any atom is -0.496 e. The molecule has 4 heteroatoms. The Kier molecular flexibility index (Phi) is 6.68. The zero-order chi connectivity index (χ0) is 23.4. The van der Waals surface area contributed by atoms with Crippen LogP contribution in [0.25, 0.3) is 11.1 Å². The van der Waals surface area contributed by atoms with Crippen molar-refractivity contribution in [1.82, 2.24) is 10.2 Å². The van der Waals surface area contributed by atoms with Gasteiger partial charge in [0, 0.05) is 19.0 Å². The Hall–Kier alpha value is -3.11. The number of nitrogens with one attached hydrogen (secondary N) is 1. The first-order chi connectivity index (χ1) is 16.7. The van der Waals surface area contributed by atoms with E-state index in [2.05, 4.69) is 70.9 Å². The molecule has 2 aliphatic rings. The van der Waals surface area contributed by atoms with Crippen molar-refractivity contribution in [1.29, 1.82) is 0 Å². The molecule has 176 valence electrons. The number of para-hydroxylation sites is 1. The number of hydrogen-bond donors (Lipinski definition) is 1. The van der Waals surface area contributed by atoms with Gasteiger partial charge in [-0.05, 0) is 72.5 Å². The molecular formula is C30H34N2O2. The lowest BCUT2D eigenvalue weighted by Crippen LogP contribution is -2.37. The van der Waals surface area contributed by atoms with Gasteiger partial charge in [-0.1, -0.05) is 72.8 Å². The Bertz CT molecular complexity index is 1100. The Labute approximate surface area is 202 Å². The van der Waals surface area contributed by atoms with Crippen molar-refractivity contribution in [3.63, 3.8) is 0 Å². The first-order valence-corrected chi connectivity index (χ1v) is 12.4. The molecule has 2 fully saturated rings. The summed E-state index contributed by atoms with van der Waals surface area (Å²) in [7, 11) is 1.69. The molecule has 0 aromatic heterocycles. The molecule has 1 aliphatic carbocycles. The fraction of sp³-hybridized carbons (Fsp3) is 0.367. The number of methoxy groups -OCH3 is 1.